The van der Waals surface area contributed by atoms with E-state index < -0.39 is 0 Å². The highest BCUT2D eigenvalue weighted by Gasteiger charge is 2.35. The molecule has 2 aliphatic rings. The summed E-state index contributed by atoms with van der Waals surface area (Å²) in [4.78, 5) is 13.4. The summed E-state index contributed by atoms with van der Waals surface area (Å²) in [6.45, 7) is 0. The van der Waals surface area contributed by atoms with Crippen LogP contribution in [0.25, 0.3) is 0 Å². The third-order valence-corrected chi connectivity index (χ3v) is 6.04. The van der Waals surface area contributed by atoms with Crippen LogP contribution in [-0.2, 0) is 4.79 Å². The van der Waals surface area contributed by atoms with Crippen molar-refractivity contribution in [1.82, 2.24) is 0 Å². The molecule has 1 aliphatic heterocycles. The minimum atomic E-state index is -0.206. The van der Waals surface area contributed by atoms with Crippen LogP contribution in [0.5, 0.6) is 0 Å². The van der Waals surface area contributed by atoms with Gasteiger partial charge in [-0.3, -0.25) is 4.79 Å². The minimum absolute atomic E-state index is 0.186. The van der Waals surface area contributed by atoms with Crippen molar-refractivity contribution in [1.29, 1.82) is 0 Å². The maximum atomic E-state index is 13.4. The van der Waals surface area contributed by atoms with Crippen LogP contribution in [0, 0.1) is 0 Å². The van der Waals surface area contributed by atoms with Gasteiger partial charge in [-0.1, -0.05) is 66.2 Å². The number of carbonyl (C=O) groups excluding carboxylic acids is 1. The average Bonchev–Trinajstić information content (AvgIpc) is 2.92. The number of carbonyl (C=O) groups is 1. The molecule has 2 atom stereocenters. The Balaban J connectivity index is 1.61. The Hall–Kier alpha value is -3.04. The van der Waals surface area contributed by atoms with Gasteiger partial charge in [-0.05, 0) is 47.7 Å². The molecule has 0 saturated carbocycles. The summed E-state index contributed by atoms with van der Waals surface area (Å²) in [7, 11) is 0. The number of benzene rings is 3. The fourth-order valence-corrected chi connectivity index (χ4v) is 4.48. The van der Waals surface area contributed by atoms with Crippen LogP contribution in [0.2, 0.25) is 5.02 Å². The molecule has 3 nitrogen and oxygen atoms in total. The predicted molar refractivity (Wildman–Crippen MR) is 118 cm³/mol. The van der Waals surface area contributed by atoms with Gasteiger partial charge in [0.05, 0.1) is 17.4 Å². The van der Waals surface area contributed by atoms with Crippen molar-refractivity contribution in [2.24, 2.45) is 0 Å². The molecule has 0 aromatic heterocycles. The van der Waals surface area contributed by atoms with Crippen molar-refractivity contribution < 1.29 is 4.79 Å². The first kappa shape index (κ1) is 18.0. The van der Waals surface area contributed by atoms with Crippen LogP contribution in [0.3, 0.4) is 0 Å². The monoisotopic (exact) mass is 400 g/mol. The highest BCUT2D eigenvalue weighted by atomic mass is 35.5. The molecular formula is C25H21ClN2O. The van der Waals surface area contributed by atoms with E-state index in [0.717, 1.165) is 34.6 Å². The minimum Gasteiger partial charge on any atom is -0.372 e. The van der Waals surface area contributed by atoms with Gasteiger partial charge in [0.2, 0.25) is 0 Å². The van der Waals surface area contributed by atoms with Crippen molar-refractivity contribution in [3.63, 3.8) is 0 Å². The first-order valence-corrected chi connectivity index (χ1v) is 10.3. The van der Waals surface area contributed by atoms with Gasteiger partial charge in [-0.2, -0.15) is 0 Å². The molecule has 29 heavy (non-hydrogen) atoms. The van der Waals surface area contributed by atoms with Gasteiger partial charge in [0.1, 0.15) is 0 Å². The Morgan fingerprint density at radius 2 is 1.45 bits per heavy atom. The van der Waals surface area contributed by atoms with Gasteiger partial charge >= 0.3 is 0 Å². The van der Waals surface area contributed by atoms with Crippen molar-refractivity contribution in [3.05, 3.63) is 106 Å². The topological polar surface area (TPSA) is 41.1 Å². The molecule has 1 heterocycles. The fraction of sp³-hybridized carbons (Fsp3) is 0.160. The number of anilines is 2. The van der Waals surface area contributed by atoms with Crippen LogP contribution in [0.4, 0.5) is 11.4 Å². The summed E-state index contributed by atoms with van der Waals surface area (Å²) in [5, 5.41) is 7.86. The molecule has 0 spiro atoms. The molecule has 2 N–H and O–H groups in total. The Morgan fingerprint density at radius 3 is 2.21 bits per heavy atom. The van der Waals surface area contributed by atoms with Gasteiger partial charge in [0.25, 0.3) is 0 Å². The summed E-state index contributed by atoms with van der Waals surface area (Å²) < 4.78 is 0. The van der Waals surface area contributed by atoms with Crippen LogP contribution in [-0.4, -0.2) is 5.78 Å². The normalized spacial score (nSPS) is 20.8. The fourth-order valence-electron chi connectivity index (χ4n) is 4.36. The van der Waals surface area contributed by atoms with Gasteiger partial charge in [-0.25, -0.2) is 0 Å². The number of fused-ring (bicyclic) bond motifs is 1. The smallest absolute Gasteiger partial charge is 0.163 e. The summed E-state index contributed by atoms with van der Waals surface area (Å²) >= 11 is 6.11. The molecule has 3 aromatic rings. The van der Waals surface area contributed by atoms with Crippen LogP contribution in [0.1, 0.15) is 35.9 Å². The first-order valence-electron chi connectivity index (χ1n) is 9.88. The van der Waals surface area contributed by atoms with Crippen LogP contribution >= 0.6 is 11.6 Å². The number of hydrogen-bond acceptors (Lipinski definition) is 3. The van der Waals surface area contributed by atoms with Crippen LogP contribution in [0.15, 0.2) is 90.1 Å². The maximum absolute atomic E-state index is 13.4. The lowest BCUT2D eigenvalue weighted by Gasteiger charge is -2.30. The number of halogens is 1. The van der Waals surface area contributed by atoms with Crippen molar-refractivity contribution in [2.75, 3.05) is 10.6 Å². The number of allylic oxidation sites excluding steroid dienone is 1. The molecule has 0 bridgehead atoms. The van der Waals surface area contributed by atoms with E-state index in [0.29, 0.717) is 11.4 Å². The molecule has 5 rings (SSSR count). The molecular weight excluding hydrogens is 380 g/mol. The predicted octanol–water partition coefficient (Wildman–Crippen LogP) is 6.32. The summed E-state index contributed by atoms with van der Waals surface area (Å²) in [6, 6.07) is 26.0. The molecule has 0 amide bonds. The van der Waals surface area contributed by atoms with Gasteiger partial charge < -0.3 is 10.6 Å². The van der Waals surface area contributed by atoms with E-state index in [1.807, 2.05) is 66.7 Å². The zero-order chi connectivity index (χ0) is 19.8. The zero-order valence-electron chi connectivity index (χ0n) is 15.9. The van der Waals surface area contributed by atoms with Crippen molar-refractivity contribution >= 4 is 28.8 Å². The zero-order valence-corrected chi connectivity index (χ0v) is 16.6. The second kappa shape index (κ2) is 7.41. The SMILES string of the molecule is O=C1C[C@H](c2ccccc2)CC2=C1[C@@H](c1ccc(Cl)cc1)Nc1ccccc1N2. The number of para-hydroxylation sites is 2. The number of ketones is 1. The summed E-state index contributed by atoms with van der Waals surface area (Å²) in [5.41, 5.74) is 6.07. The lowest BCUT2D eigenvalue weighted by molar-refractivity contribution is -0.116. The third-order valence-electron chi connectivity index (χ3n) is 5.78. The lowest BCUT2D eigenvalue weighted by Crippen LogP contribution is -2.26. The molecule has 4 heteroatoms. The van der Waals surface area contributed by atoms with E-state index >= 15 is 0 Å². The standard InChI is InChI=1S/C25H21ClN2O/c26-19-12-10-17(11-13-19)25-24-22(27-20-8-4-5-9-21(20)28-25)14-18(15-23(24)29)16-6-2-1-3-7-16/h1-13,18,25,27-28H,14-15H2/t18-,25-/m1/s1. The highest BCUT2D eigenvalue weighted by Crippen LogP contribution is 2.44. The number of rotatable bonds is 2. The Bertz CT molecular complexity index is 1090. The molecule has 1 aliphatic carbocycles. The summed E-state index contributed by atoms with van der Waals surface area (Å²) in [5.74, 6) is 0.374. The molecule has 144 valence electrons. The Kier molecular flexibility index (Phi) is 4.61. The molecule has 0 radical (unpaired) electrons. The second-order valence-corrected chi connectivity index (χ2v) is 8.07. The van der Waals surface area contributed by atoms with E-state index in [-0.39, 0.29) is 17.7 Å². The van der Waals surface area contributed by atoms with E-state index in [1.165, 1.54) is 5.56 Å². The maximum Gasteiger partial charge on any atom is 0.163 e. The van der Waals surface area contributed by atoms with Crippen molar-refractivity contribution in [3.8, 4) is 0 Å². The van der Waals surface area contributed by atoms with E-state index in [1.54, 1.807) is 0 Å². The van der Waals surface area contributed by atoms with Crippen LogP contribution < -0.4 is 10.6 Å². The largest absolute Gasteiger partial charge is 0.372 e. The Labute approximate surface area is 175 Å². The second-order valence-electron chi connectivity index (χ2n) is 7.63. The van der Waals surface area contributed by atoms with Crippen molar-refractivity contribution in [2.45, 2.75) is 24.8 Å². The van der Waals surface area contributed by atoms with Gasteiger partial charge in [0.15, 0.2) is 5.78 Å². The number of nitrogens with one attached hydrogen (secondary N) is 2. The number of Topliss-reactive ketones (excluding diaryl/α,β-unsaturated/α-hetero) is 1. The quantitative estimate of drug-likeness (QED) is 0.528. The molecule has 0 fully saturated rings. The number of hydrogen-bond donors (Lipinski definition) is 2. The molecule has 3 aromatic carbocycles. The third kappa shape index (κ3) is 3.43. The van der Waals surface area contributed by atoms with E-state index in [4.69, 9.17) is 11.6 Å². The summed E-state index contributed by atoms with van der Waals surface area (Å²) in [6.07, 6.45) is 1.33. The Morgan fingerprint density at radius 1 is 0.759 bits per heavy atom. The lowest BCUT2D eigenvalue weighted by atomic mass is 9.78. The van der Waals surface area contributed by atoms with E-state index in [9.17, 15) is 4.79 Å². The van der Waals surface area contributed by atoms with E-state index in [2.05, 4.69) is 22.8 Å². The molecule has 0 saturated heterocycles. The van der Waals surface area contributed by atoms with Gasteiger partial charge in [0, 0.05) is 22.7 Å². The first-order chi connectivity index (χ1) is 14.2. The van der Waals surface area contributed by atoms with Gasteiger partial charge in [-0.15, -0.1) is 0 Å². The average molecular weight is 401 g/mol. The highest BCUT2D eigenvalue weighted by molar-refractivity contribution is 6.30. The molecule has 0 unspecified atom stereocenters.